The summed E-state index contributed by atoms with van der Waals surface area (Å²) < 4.78 is 2.14. The molecule has 92 valence electrons. The van der Waals surface area contributed by atoms with E-state index in [1.807, 2.05) is 6.92 Å². The predicted molar refractivity (Wildman–Crippen MR) is 68.3 cm³/mol. The van der Waals surface area contributed by atoms with Crippen LogP contribution < -0.4 is 5.32 Å². The molecule has 4 nitrogen and oxygen atoms in total. The Bertz CT molecular complexity index is 521. The smallest absolute Gasteiger partial charge is 0.194 e. The number of hydrogen-bond acceptors (Lipinski definition) is 4. The van der Waals surface area contributed by atoms with Crippen molar-refractivity contribution in [2.45, 2.75) is 38.3 Å². The third-order valence-electron chi connectivity index (χ3n) is 3.81. The number of fused-ring (bicyclic) bond motifs is 1. The number of aryl methyl sites for hydroxylation is 1. The van der Waals surface area contributed by atoms with Crippen molar-refractivity contribution < 1.29 is 5.11 Å². The van der Waals surface area contributed by atoms with Crippen LogP contribution in [-0.4, -0.2) is 26.6 Å². The van der Waals surface area contributed by atoms with E-state index in [4.69, 9.17) is 0 Å². The second-order valence-electron chi connectivity index (χ2n) is 4.85. The highest BCUT2D eigenvalue weighted by atomic mass is 32.1. The van der Waals surface area contributed by atoms with Gasteiger partial charge in [-0.3, -0.25) is 4.40 Å². The van der Waals surface area contributed by atoms with Crippen LogP contribution in [0.5, 0.6) is 0 Å². The highest BCUT2D eigenvalue weighted by Crippen LogP contribution is 2.31. The molecule has 2 N–H and O–H groups in total. The number of rotatable bonds is 4. The quantitative estimate of drug-likeness (QED) is 0.869. The monoisotopic (exact) mass is 251 g/mol. The van der Waals surface area contributed by atoms with E-state index >= 15 is 0 Å². The number of hydrogen-bond donors (Lipinski definition) is 2. The van der Waals surface area contributed by atoms with Crippen LogP contribution in [0.25, 0.3) is 4.96 Å². The van der Waals surface area contributed by atoms with Crippen LogP contribution >= 0.6 is 11.3 Å². The number of nitrogens with one attached hydrogen (secondary N) is 1. The second-order valence-corrected chi connectivity index (χ2v) is 5.72. The summed E-state index contributed by atoms with van der Waals surface area (Å²) in [6.45, 7) is 3.06. The van der Waals surface area contributed by atoms with Gasteiger partial charge in [0.2, 0.25) is 0 Å². The molecule has 1 saturated carbocycles. The van der Waals surface area contributed by atoms with Crippen LogP contribution in [0.15, 0.2) is 11.6 Å². The van der Waals surface area contributed by atoms with Gasteiger partial charge in [0.25, 0.3) is 0 Å². The first kappa shape index (κ1) is 11.2. The fraction of sp³-hybridized carbons (Fsp3) is 0.583. The number of aromatic nitrogens is 2. The van der Waals surface area contributed by atoms with Gasteiger partial charge in [-0.2, -0.15) is 0 Å². The molecule has 3 rings (SSSR count). The molecule has 2 aromatic rings. The van der Waals surface area contributed by atoms with E-state index in [1.165, 1.54) is 12.1 Å². The van der Waals surface area contributed by atoms with Crippen molar-refractivity contribution >= 4 is 16.3 Å². The molecule has 0 aromatic carbocycles. The summed E-state index contributed by atoms with van der Waals surface area (Å²) >= 11 is 1.66. The zero-order chi connectivity index (χ0) is 11.9. The van der Waals surface area contributed by atoms with E-state index in [1.54, 1.807) is 11.3 Å². The van der Waals surface area contributed by atoms with Crippen LogP contribution in [-0.2, 0) is 6.54 Å². The maximum absolute atomic E-state index is 9.42. The molecule has 0 bridgehead atoms. The van der Waals surface area contributed by atoms with E-state index in [-0.39, 0.29) is 12.1 Å². The minimum Gasteiger partial charge on any atom is -0.394 e. The van der Waals surface area contributed by atoms with Gasteiger partial charge in [0.15, 0.2) is 4.96 Å². The van der Waals surface area contributed by atoms with Gasteiger partial charge in [-0.1, -0.05) is 0 Å². The van der Waals surface area contributed by atoms with Crippen LogP contribution in [0, 0.1) is 6.92 Å². The van der Waals surface area contributed by atoms with Crippen molar-refractivity contribution in [2.24, 2.45) is 0 Å². The Kier molecular flexibility index (Phi) is 2.69. The van der Waals surface area contributed by atoms with E-state index in [0.717, 1.165) is 30.0 Å². The Labute approximate surface area is 104 Å². The standard InChI is InChI=1S/C12H17N3OS/c1-9-10(15-5-6-17-11(15)14-9)7-13-12(8-16)3-2-4-12/h5-6,13,16H,2-4,7-8H2,1H3. The molecule has 2 aromatic heterocycles. The maximum Gasteiger partial charge on any atom is 0.194 e. The minimum absolute atomic E-state index is 0.0351. The van der Waals surface area contributed by atoms with Crippen molar-refractivity contribution in [3.63, 3.8) is 0 Å². The van der Waals surface area contributed by atoms with Crippen LogP contribution in [0.4, 0.5) is 0 Å². The van der Waals surface area contributed by atoms with E-state index in [0.29, 0.717) is 0 Å². The van der Waals surface area contributed by atoms with Crippen LogP contribution in [0.1, 0.15) is 30.7 Å². The first-order chi connectivity index (χ1) is 8.24. The lowest BCUT2D eigenvalue weighted by atomic mass is 9.77. The number of imidazole rings is 1. The number of aliphatic hydroxyl groups is 1. The molecule has 0 unspecified atom stereocenters. The van der Waals surface area contributed by atoms with Gasteiger partial charge in [0.1, 0.15) is 0 Å². The number of aliphatic hydroxyl groups excluding tert-OH is 1. The molecule has 0 radical (unpaired) electrons. The van der Waals surface area contributed by atoms with Crippen molar-refractivity contribution in [1.82, 2.24) is 14.7 Å². The van der Waals surface area contributed by atoms with Gasteiger partial charge >= 0.3 is 0 Å². The van der Waals surface area contributed by atoms with Crippen LogP contribution in [0.2, 0.25) is 0 Å². The predicted octanol–water partition coefficient (Wildman–Crippen LogP) is 1.71. The molecule has 1 fully saturated rings. The molecule has 0 amide bonds. The normalized spacial score (nSPS) is 18.5. The summed E-state index contributed by atoms with van der Waals surface area (Å²) in [6, 6.07) is 0. The lowest BCUT2D eigenvalue weighted by Crippen LogP contribution is -2.53. The lowest BCUT2D eigenvalue weighted by Gasteiger charge is -2.41. The Morgan fingerprint density at radius 1 is 1.59 bits per heavy atom. The maximum atomic E-state index is 9.42. The van der Waals surface area contributed by atoms with Gasteiger partial charge in [0, 0.05) is 23.7 Å². The fourth-order valence-electron chi connectivity index (χ4n) is 2.42. The molecule has 17 heavy (non-hydrogen) atoms. The molecule has 1 aliphatic carbocycles. The molecule has 0 atom stereocenters. The highest BCUT2D eigenvalue weighted by Gasteiger charge is 2.35. The summed E-state index contributed by atoms with van der Waals surface area (Å²) in [5, 5.41) is 15.0. The van der Waals surface area contributed by atoms with E-state index in [9.17, 15) is 5.11 Å². The molecular weight excluding hydrogens is 234 g/mol. The van der Waals surface area contributed by atoms with Crippen LogP contribution in [0.3, 0.4) is 0 Å². The van der Waals surface area contributed by atoms with Crippen molar-refractivity contribution in [3.05, 3.63) is 23.0 Å². The largest absolute Gasteiger partial charge is 0.394 e. The number of nitrogens with zero attached hydrogens (tertiary/aromatic N) is 2. The average molecular weight is 251 g/mol. The van der Waals surface area contributed by atoms with Gasteiger partial charge in [-0.15, -0.1) is 11.3 Å². The second kappa shape index (κ2) is 4.08. The summed E-state index contributed by atoms with van der Waals surface area (Å²) in [7, 11) is 0. The van der Waals surface area contributed by atoms with Gasteiger partial charge in [-0.25, -0.2) is 4.98 Å². The molecule has 0 spiro atoms. The lowest BCUT2D eigenvalue weighted by molar-refractivity contribution is 0.0867. The molecule has 0 saturated heterocycles. The SMILES string of the molecule is Cc1nc2sccn2c1CNC1(CO)CCC1. The van der Waals surface area contributed by atoms with Crippen molar-refractivity contribution in [2.75, 3.05) is 6.61 Å². The van der Waals surface area contributed by atoms with E-state index in [2.05, 4.69) is 26.3 Å². The summed E-state index contributed by atoms with van der Waals surface area (Å²) in [4.78, 5) is 5.57. The molecular formula is C12H17N3OS. The average Bonchev–Trinajstić information content (AvgIpc) is 2.79. The Morgan fingerprint density at radius 3 is 3.06 bits per heavy atom. The van der Waals surface area contributed by atoms with E-state index < -0.39 is 0 Å². The summed E-state index contributed by atoms with van der Waals surface area (Å²) in [5.41, 5.74) is 2.25. The zero-order valence-electron chi connectivity index (χ0n) is 9.94. The Balaban J connectivity index is 1.80. The fourth-order valence-corrected chi connectivity index (χ4v) is 3.20. The molecule has 0 aliphatic heterocycles. The third kappa shape index (κ3) is 1.78. The van der Waals surface area contributed by atoms with Gasteiger partial charge < -0.3 is 10.4 Å². The Hall–Kier alpha value is -0.910. The minimum atomic E-state index is -0.0351. The van der Waals surface area contributed by atoms with Gasteiger partial charge in [0.05, 0.1) is 18.0 Å². The van der Waals surface area contributed by atoms with Crippen molar-refractivity contribution in [1.29, 1.82) is 0 Å². The van der Waals surface area contributed by atoms with Gasteiger partial charge in [-0.05, 0) is 26.2 Å². The first-order valence-corrected chi connectivity index (χ1v) is 6.89. The first-order valence-electron chi connectivity index (χ1n) is 6.01. The summed E-state index contributed by atoms with van der Waals surface area (Å²) in [5.74, 6) is 0. The summed E-state index contributed by atoms with van der Waals surface area (Å²) in [6.07, 6.45) is 5.43. The third-order valence-corrected chi connectivity index (χ3v) is 4.56. The molecule has 1 aliphatic rings. The van der Waals surface area contributed by atoms with Crippen molar-refractivity contribution in [3.8, 4) is 0 Å². The molecule has 5 heteroatoms. The topological polar surface area (TPSA) is 49.6 Å². The Morgan fingerprint density at radius 2 is 2.41 bits per heavy atom. The zero-order valence-corrected chi connectivity index (χ0v) is 10.8. The number of thiazole rings is 1. The highest BCUT2D eigenvalue weighted by molar-refractivity contribution is 7.15. The molecule has 2 heterocycles.